The average molecular weight is 556 g/mol. The van der Waals surface area contributed by atoms with Gasteiger partial charge in [0, 0.05) is 13.5 Å². The van der Waals surface area contributed by atoms with Crippen LogP contribution in [0.2, 0.25) is 0 Å². The van der Waals surface area contributed by atoms with Crippen molar-refractivity contribution in [1.29, 1.82) is 0 Å². The molecule has 0 bridgehead atoms. The summed E-state index contributed by atoms with van der Waals surface area (Å²) in [5.41, 5.74) is -1.26. The number of carbonyl (C=O) groups excluding carboxylic acids is 1. The van der Waals surface area contributed by atoms with Gasteiger partial charge in [0.1, 0.15) is 18.0 Å². The lowest BCUT2D eigenvalue weighted by atomic mass is 9.77. The van der Waals surface area contributed by atoms with E-state index in [0.717, 1.165) is 29.2 Å². The van der Waals surface area contributed by atoms with E-state index in [2.05, 4.69) is 14.8 Å². The summed E-state index contributed by atoms with van der Waals surface area (Å²) in [6, 6.07) is 16.5. The number of benzene rings is 3. The fraction of sp³-hybridized carbons (Fsp3) is 0.231. The highest BCUT2D eigenvalue weighted by atomic mass is 19.4. The largest absolute Gasteiger partial charge is 0.573 e. The predicted molar refractivity (Wildman–Crippen MR) is 126 cm³/mol. The van der Waals surface area contributed by atoms with E-state index >= 15 is 0 Å². The molecule has 0 fully saturated rings. The summed E-state index contributed by atoms with van der Waals surface area (Å²) < 4.78 is 86.1. The van der Waals surface area contributed by atoms with Gasteiger partial charge in [0.25, 0.3) is 0 Å². The maximum Gasteiger partial charge on any atom is 0.573 e. The first-order valence-corrected chi connectivity index (χ1v) is 11.2. The summed E-state index contributed by atoms with van der Waals surface area (Å²) in [5, 5.41) is 11.8. The first-order valence-electron chi connectivity index (χ1n) is 11.2. The van der Waals surface area contributed by atoms with Crippen molar-refractivity contribution in [1.82, 2.24) is 10.2 Å². The maximum absolute atomic E-state index is 13.2. The van der Waals surface area contributed by atoms with Crippen LogP contribution in [0.5, 0.6) is 11.5 Å². The molecule has 3 aromatic rings. The van der Waals surface area contributed by atoms with E-state index in [0.29, 0.717) is 5.56 Å². The molecule has 3 rings (SSSR count). The molecule has 0 spiro atoms. The van der Waals surface area contributed by atoms with Crippen LogP contribution in [0.3, 0.4) is 0 Å². The van der Waals surface area contributed by atoms with Crippen LogP contribution in [0.25, 0.3) is 0 Å². The molecule has 0 heterocycles. The number of ether oxygens (including phenoxy) is 2. The van der Waals surface area contributed by atoms with Crippen LogP contribution in [-0.2, 0) is 16.8 Å². The number of hydrogen-bond acceptors (Lipinski definition) is 4. The van der Waals surface area contributed by atoms with Crippen molar-refractivity contribution >= 4 is 12.0 Å². The third-order valence-corrected chi connectivity index (χ3v) is 5.47. The Labute approximate surface area is 218 Å². The molecule has 0 atom stereocenters. The van der Waals surface area contributed by atoms with Gasteiger partial charge in [0.05, 0.1) is 5.54 Å². The van der Waals surface area contributed by atoms with Crippen molar-refractivity contribution < 1.29 is 50.5 Å². The van der Waals surface area contributed by atoms with Crippen LogP contribution < -0.4 is 14.8 Å². The number of alkyl halides is 6. The molecule has 7 nitrogen and oxygen atoms in total. The van der Waals surface area contributed by atoms with E-state index in [1.54, 1.807) is 30.3 Å². The van der Waals surface area contributed by atoms with E-state index in [1.807, 2.05) is 0 Å². The summed E-state index contributed by atoms with van der Waals surface area (Å²) in [4.78, 5) is 25.2. The summed E-state index contributed by atoms with van der Waals surface area (Å²) >= 11 is 0. The molecule has 39 heavy (non-hydrogen) atoms. The van der Waals surface area contributed by atoms with Gasteiger partial charge >= 0.3 is 24.7 Å². The van der Waals surface area contributed by atoms with Gasteiger partial charge in [0.15, 0.2) is 0 Å². The Hall–Kier alpha value is -4.42. The molecule has 3 aromatic carbocycles. The minimum atomic E-state index is -5.05. The van der Waals surface area contributed by atoms with Crippen molar-refractivity contribution in [2.24, 2.45) is 0 Å². The summed E-state index contributed by atoms with van der Waals surface area (Å²) in [5.74, 6) is -2.64. The quantitative estimate of drug-likeness (QED) is 0.331. The maximum atomic E-state index is 13.2. The smallest absolute Gasteiger partial charge is 0.480 e. The zero-order valence-corrected chi connectivity index (χ0v) is 20.2. The highest BCUT2D eigenvalue weighted by Gasteiger charge is 2.40. The molecule has 0 aliphatic heterocycles. The third kappa shape index (κ3) is 8.28. The second-order valence-electron chi connectivity index (χ2n) is 8.40. The SMILES string of the molecule is CN(CC(=O)O)C(=O)NC(Cc1ccccc1)(c1cccc(OC(F)(F)F)c1)c1cccc(OC(F)(F)F)c1. The Morgan fingerprint density at radius 2 is 1.28 bits per heavy atom. The number of urea groups is 1. The Morgan fingerprint density at radius 1 is 0.795 bits per heavy atom. The summed E-state index contributed by atoms with van der Waals surface area (Å²) in [6.45, 7) is -0.734. The second kappa shape index (κ2) is 11.5. The summed E-state index contributed by atoms with van der Waals surface area (Å²) in [7, 11) is 1.17. The monoisotopic (exact) mass is 556 g/mol. The van der Waals surface area contributed by atoms with Gasteiger partial charge in [0.2, 0.25) is 0 Å². The lowest BCUT2D eigenvalue weighted by Crippen LogP contribution is -2.53. The van der Waals surface area contributed by atoms with Crippen molar-refractivity contribution in [3.8, 4) is 11.5 Å². The molecule has 0 unspecified atom stereocenters. The van der Waals surface area contributed by atoms with Gasteiger partial charge in [-0.2, -0.15) is 0 Å². The number of nitrogens with zero attached hydrogens (tertiary/aromatic N) is 1. The number of rotatable bonds is 9. The van der Waals surface area contributed by atoms with Crippen LogP contribution >= 0.6 is 0 Å². The Balaban J connectivity index is 2.26. The number of aliphatic carboxylic acids is 1. The fourth-order valence-corrected chi connectivity index (χ4v) is 3.93. The normalized spacial score (nSPS) is 12.0. The molecule has 0 saturated carbocycles. The summed E-state index contributed by atoms with van der Waals surface area (Å²) in [6.07, 6.45) is -10.3. The number of carbonyl (C=O) groups is 2. The molecule has 208 valence electrons. The van der Waals surface area contributed by atoms with Crippen molar-refractivity contribution in [2.75, 3.05) is 13.6 Å². The van der Waals surface area contributed by atoms with Crippen molar-refractivity contribution in [2.45, 2.75) is 24.7 Å². The minimum absolute atomic E-state index is 0.00865. The Kier molecular flexibility index (Phi) is 8.62. The van der Waals surface area contributed by atoms with Crippen molar-refractivity contribution in [3.63, 3.8) is 0 Å². The van der Waals surface area contributed by atoms with Gasteiger partial charge in [-0.1, -0.05) is 54.6 Å². The number of amides is 2. The average Bonchev–Trinajstić information content (AvgIpc) is 2.82. The molecule has 0 radical (unpaired) electrons. The zero-order valence-electron chi connectivity index (χ0n) is 20.2. The minimum Gasteiger partial charge on any atom is -0.480 e. The molecule has 2 N–H and O–H groups in total. The van der Waals surface area contributed by atoms with Crippen molar-refractivity contribution in [3.05, 3.63) is 95.6 Å². The van der Waals surface area contributed by atoms with Crippen LogP contribution in [-0.4, -0.2) is 48.3 Å². The lowest BCUT2D eigenvalue weighted by Gasteiger charge is -2.38. The van der Waals surface area contributed by atoms with E-state index in [1.165, 1.54) is 31.3 Å². The standard InChI is InChI=1S/C26H22F6N2O5/c1-34(16-22(35)36)23(37)33-24(15-17-7-3-2-4-8-17,18-9-5-11-20(13-18)38-25(27,28)29)19-10-6-12-21(14-19)39-26(30,31)32/h2-14H,15-16H2,1H3,(H,33,37)(H,35,36). The molecular weight excluding hydrogens is 534 g/mol. The van der Waals surface area contributed by atoms with Gasteiger partial charge in [-0.05, 0) is 41.0 Å². The number of likely N-dealkylation sites (N-methyl/N-ethyl adjacent to an activating group) is 1. The van der Waals surface area contributed by atoms with Crippen LogP contribution in [0.1, 0.15) is 16.7 Å². The van der Waals surface area contributed by atoms with E-state index in [9.17, 15) is 35.9 Å². The predicted octanol–water partition coefficient (Wildman–Crippen LogP) is 5.70. The van der Waals surface area contributed by atoms with Gasteiger partial charge < -0.3 is 24.8 Å². The van der Waals surface area contributed by atoms with E-state index in [4.69, 9.17) is 5.11 Å². The van der Waals surface area contributed by atoms with Crippen LogP contribution in [0.4, 0.5) is 31.1 Å². The van der Waals surface area contributed by atoms with Crippen LogP contribution in [0, 0.1) is 0 Å². The number of hydrogen-bond donors (Lipinski definition) is 2. The zero-order chi connectivity index (χ0) is 28.8. The number of carboxylic acids is 1. The first-order chi connectivity index (χ1) is 18.2. The Bertz CT molecular complexity index is 1240. The molecule has 13 heteroatoms. The molecule has 0 aliphatic rings. The number of carboxylic acid groups (broad SMARTS) is 1. The Morgan fingerprint density at radius 3 is 1.72 bits per heavy atom. The van der Waals surface area contributed by atoms with Gasteiger partial charge in [-0.25, -0.2) is 4.79 Å². The van der Waals surface area contributed by atoms with Crippen LogP contribution in [0.15, 0.2) is 78.9 Å². The van der Waals surface area contributed by atoms with E-state index in [-0.39, 0.29) is 17.5 Å². The topological polar surface area (TPSA) is 88.1 Å². The molecule has 0 aliphatic carbocycles. The van der Waals surface area contributed by atoms with Gasteiger partial charge in [-0.3, -0.25) is 4.79 Å². The molecule has 0 saturated heterocycles. The van der Waals surface area contributed by atoms with Gasteiger partial charge in [-0.15, -0.1) is 26.3 Å². The highest BCUT2D eigenvalue weighted by Crippen LogP contribution is 2.38. The highest BCUT2D eigenvalue weighted by molar-refractivity contribution is 5.81. The lowest BCUT2D eigenvalue weighted by molar-refractivity contribution is -0.275. The first kappa shape index (κ1) is 29.1. The number of halogens is 6. The second-order valence-corrected chi connectivity index (χ2v) is 8.40. The number of nitrogens with one attached hydrogen (secondary N) is 1. The van der Waals surface area contributed by atoms with E-state index < -0.39 is 48.3 Å². The molecule has 0 aromatic heterocycles. The molecule has 2 amide bonds. The fourth-order valence-electron chi connectivity index (χ4n) is 3.93. The molecular formula is C26H22F6N2O5. The third-order valence-electron chi connectivity index (χ3n) is 5.47.